The first-order chi connectivity index (χ1) is 8.99. The van der Waals surface area contributed by atoms with Crippen molar-refractivity contribution in [2.24, 2.45) is 5.92 Å². The number of rotatable bonds is 4. The molecule has 1 fully saturated rings. The van der Waals surface area contributed by atoms with Gasteiger partial charge in [0, 0.05) is 18.7 Å². The minimum absolute atomic E-state index is 0.00432. The number of carbonyl (C=O) groups is 1. The molecule has 0 aliphatic heterocycles. The van der Waals surface area contributed by atoms with Crippen LogP contribution in [0.15, 0.2) is 12.1 Å². The summed E-state index contributed by atoms with van der Waals surface area (Å²) >= 11 is 11.7. The van der Waals surface area contributed by atoms with Crippen LogP contribution in [-0.2, 0) is 0 Å². The van der Waals surface area contributed by atoms with E-state index < -0.39 is 10.8 Å². The molecule has 0 atom stereocenters. The standard InChI is InChI=1S/C12H12Cl2N2O3/c13-10-5-8(16(18)19)4-9(11(10)14)12(17)15-6-7-2-1-3-7/h4-5,7H,1-3,6H2,(H,15,17). The highest BCUT2D eigenvalue weighted by Gasteiger charge is 2.22. The number of halogens is 2. The predicted molar refractivity (Wildman–Crippen MR) is 72.8 cm³/mol. The number of amides is 1. The third-order valence-electron chi connectivity index (χ3n) is 3.24. The molecule has 19 heavy (non-hydrogen) atoms. The third-order valence-corrected chi connectivity index (χ3v) is 4.05. The van der Waals surface area contributed by atoms with Gasteiger partial charge in [-0.25, -0.2) is 0 Å². The van der Waals surface area contributed by atoms with Gasteiger partial charge in [0.1, 0.15) is 0 Å². The summed E-state index contributed by atoms with van der Waals surface area (Å²) in [5, 5.41) is 13.5. The van der Waals surface area contributed by atoms with Crippen LogP contribution in [0.4, 0.5) is 5.69 Å². The van der Waals surface area contributed by atoms with Gasteiger partial charge in [-0.05, 0) is 18.8 Å². The van der Waals surface area contributed by atoms with Gasteiger partial charge in [0.2, 0.25) is 0 Å². The van der Waals surface area contributed by atoms with E-state index in [4.69, 9.17) is 23.2 Å². The van der Waals surface area contributed by atoms with E-state index in [1.54, 1.807) is 0 Å². The molecule has 0 spiro atoms. The van der Waals surface area contributed by atoms with Gasteiger partial charge < -0.3 is 5.32 Å². The fourth-order valence-electron chi connectivity index (χ4n) is 1.87. The van der Waals surface area contributed by atoms with Crippen LogP contribution >= 0.6 is 23.2 Å². The second kappa shape index (κ2) is 5.75. The summed E-state index contributed by atoms with van der Waals surface area (Å²) in [5.74, 6) is 0.0689. The second-order valence-electron chi connectivity index (χ2n) is 4.55. The maximum absolute atomic E-state index is 12.0. The molecule has 1 aliphatic carbocycles. The molecule has 1 amide bonds. The molecule has 102 valence electrons. The van der Waals surface area contributed by atoms with Crippen molar-refractivity contribution in [1.82, 2.24) is 5.32 Å². The number of hydrogen-bond acceptors (Lipinski definition) is 3. The summed E-state index contributed by atoms with van der Waals surface area (Å²) in [7, 11) is 0. The van der Waals surface area contributed by atoms with Gasteiger partial charge in [-0.1, -0.05) is 29.6 Å². The van der Waals surface area contributed by atoms with Gasteiger partial charge in [-0.3, -0.25) is 14.9 Å². The van der Waals surface area contributed by atoms with Gasteiger partial charge >= 0.3 is 0 Å². The molecule has 1 saturated carbocycles. The zero-order chi connectivity index (χ0) is 14.0. The van der Waals surface area contributed by atoms with Crippen molar-refractivity contribution in [3.05, 3.63) is 37.9 Å². The average Bonchev–Trinajstić information content (AvgIpc) is 2.29. The van der Waals surface area contributed by atoms with Crippen LogP contribution in [0.5, 0.6) is 0 Å². The number of benzene rings is 1. The van der Waals surface area contributed by atoms with Crippen LogP contribution in [0.3, 0.4) is 0 Å². The van der Waals surface area contributed by atoms with Gasteiger partial charge in [0.25, 0.3) is 11.6 Å². The Bertz CT molecular complexity index is 530. The van der Waals surface area contributed by atoms with Crippen molar-refractivity contribution in [2.45, 2.75) is 19.3 Å². The molecule has 1 N–H and O–H groups in total. The molecule has 1 aromatic rings. The van der Waals surface area contributed by atoms with Crippen molar-refractivity contribution in [2.75, 3.05) is 6.54 Å². The molecular weight excluding hydrogens is 291 g/mol. The zero-order valence-electron chi connectivity index (χ0n) is 9.99. The number of nitrogens with zero attached hydrogens (tertiary/aromatic N) is 1. The Morgan fingerprint density at radius 1 is 1.42 bits per heavy atom. The smallest absolute Gasteiger partial charge is 0.271 e. The molecule has 7 heteroatoms. The fourth-order valence-corrected chi connectivity index (χ4v) is 2.28. The molecular formula is C12H12Cl2N2O3. The minimum atomic E-state index is -0.606. The van der Waals surface area contributed by atoms with Crippen molar-refractivity contribution >= 4 is 34.8 Å². The van der Waals surface area contributed by atoms with E-state index in [0.29, 0.717) is 12.5 Å². The molecule has 0 bridgehead atoms. The largest absolute Gasteiger partial charge is 0.352 e. The van der Waals surface area contributed by atoms with Crippen molar-refractivity contribution in [3.63, 3.8) is 0 Å². The number of non-ortho nitro benzene ring substituents is 1. The lowest BCUT2D eigenvalue weighted by molar-refractivity contribution is -0.384. The van der Waals surface area contributed by atoms with E-state index in [2.05, 4.69) is 5.32 Å². The molecule has 5 nitrogen and oxygen atoms in total. The van der Waals surface area contributed by atoms with E-state index in [1.165, 1.54) is 6.42 Å². The SMILES string of the molecule is O=C(NCC1CCC1)c1cc([N+](=O)[O-])cc(Cl)c1Cl. The Morgan fingerprint density at radius 2 is 2.11 bits per heavy atom. The number of nitro benzene ring substituents is 1. The van der Waals surface area contributed by atoms with Crippen molar-refractivity contribution in [3.8, 4) is 0 Å². The molecule has 0 radical (unpaired) electrons. The van der Waals surface area contributed by atoms with E-state index in [1.807, 2.05) is 0 Å². The summed E-state index contributed by atoms with van der Waals surface area (Å²) in [6, 6.07) is 2.27. The Morgan fingerprint density at radius 3 is 2.63 bits per heavy atom. The fraction of sp³-hybridized carbons (Fsp3) is 0.417. The van der Waals surface area contributed by atoms with Crippen LogP contribution in [0, 0.1) is 16.0 Å². The van der Waals surface area contributed by atoms with Gasteiger partial charge in [-0.15, -0.1) is 0 Å². The van der Waals surface area contributed by atoms with Crippen molar-refractivity contribution in [1.29, 1.82) is 0 Å². The van der Waals surface area contributed by atoms with Crippen LogP contribution in [0.25, 0.3) is 0 Å². The van der Waals surface area contributed by atoms with Gasteiger partial charge in [-0.2, -0.15) is 0 Å². The average molecular weight is 303 g/mol. The van der Waals surface area contributed by atoms with Crippen LogP contribution in [0.2, 0.25) is 10.0 Å². The first-order valence-corrected chi connectivity index (χ1v) is 6.66. The second-order valence-corrected chi connectivity index (χ2v) is 5.34. The maximum atomic E-state index is 12.0. The third kappa shape index (κ3) is 3.16. The van der Waals surface area contributed by atoms with Gasteiger partial charge in [0.05, 0.1) is 20.5 Å². The maximum Gasteiger partial charge on any atom is 0.271 e. The molecule has 0 unspecified atom stereocenters. The Balaban J connectivity index is 2.16. The molecule has 0 aromatic heterocycles. The number of hydrogen-bond donors (Lipinski definition) is 1. The molecule has 0 heterocycles. The van der Waals surface area contributed by atoms with Gasteiger partial charge in [0.15, 0.2) is 0 Å². The van der Waals surface area contributed by atoms with Crippen molar-refractivity contribution < 1.29 is 9.72 Å². The van der Waals surface area contributed by atoms with Crippen LogP contribution in [0.1, 0.15) is 29.6 Å². The lowest BCUT2D eigenvalue weighted by Crippen LogP contribution is -2.32. The highest BCUT2D eigenvalue weighted by Crippen LogP contribution is 2.31. The first kappa shape index (κ1) is 14.1. The molecule has 0 saturated heterocycles. The first-order valence-electron chi connectivity index (χ1n) is 5.90. The lowest BCUT2D eigenvalue weighted by Gasteiger charge is -2.25. The van der Waals surface area contributed by atoms with Crippen LogP contribution in [-0.4, -0.2) is 17.4 Å². The Kier molecular flexibility index (Phi) is 4.27. The highest BCUT2D eigenvalue weighted by molar-refractivity contribution is 6.44. The summed E-state index contributed by atoms with van der Waals surface area (Å²) in [6.07, 6.45) is 3.39. The quantitative estimate of drug-likeness (QED) is 0.684. The Labute approximate surface area is 120 Å². The summed E-state index contributed by atoms with van der Waals surface area (Å²) in [6.45, 7) is 0.565. The number of nitro groups is 1. The Hall–Kier alpha value is -1.33. The predicted octanol–water partition coefficient (Wildman–Crippen LogP) is 3.43. The minimum Gasteiger partial charge on any atom is -0.352 e. The normalized spacial score (nSPS) is 14.8. The number of carbonyl (C=O) groups excluding carboxylic acids is 1. The topological polar surface area (TPSA) is 72.2 Å². The van der Waals surface area contributed by atoms with E-state index in [9.17, 15) is 14.9 Å². The van der Waals surface area contributed by atoms with E-state index >= 15 is 0 Å². The zero-order valence-corrected chi connectivity index (χ0v) is 11.5. The number of nitrogens with one attached hydrogen (secondary N) is 1. The molecule has 2 rings (SSSR count). The van der Waals surface area contributed by atoms with E-state index in [-0.39, 0.29) is 21.3 Å². The summed E-state index contributed by atoms with van der Waals surface area (Å²) in [5.41, 5.74) is -0.205. The summed E-state index contributed by atoms with van der Waals surface area (Å²) < 4.78 is 0. The molecule has 1 aliphatic rings. The molecule has 1 aromatic carbocycles. The van der Waals surface area contributed by atoms with Crippen LogP contribution < -0.4 is 5.32 Å². The van der Waals surface area contributed by atoms with E-state index in [0.717, 1.165) is 25.0 Å². The highest BCUT2D eigenvalue weighted by atomic mass is 35.5. The lowest BCUT2D eigenvalue weighted by atomic mass is 9.85. The monoisotopic (exact) mass is 302 g/mol. The summed E-state index contributed by atoms with van der Waals surface area (Å²) in [4.78, 5) is 22.1.